The summed E-state index contributed by atoms with van der Waals surface area (Å²) in [6.07, 6.45) is -3.96. The molecule has 8 nitrogen and oxygen atoms in total. The maximum Gasteiger partial charge on any atom is 0.417 e. The molecule has 38 heavy (non-hydrogen) atoms. The molecule has 14 heteroatoms. The van der Waals surface area contributed by atoms with Gasteiger partial charge >= 0.3 is 6.18 Å². The minimum absolute atomic E-state index is 0.0206. The number of benzene rings is 2. The van der Waals surface area contributed by atoms with Crippen molar-refractivity contribution in [2.75, 3.05) is 23.4 Å². The van der Waals surface area contributed by atoms with Crippen LogP contribution in [0.3, 0.4) is 0 Å². The molecule has 1 atom stereocenters. The molecule has 0 unspecified atom stereocenters. The Morgan fingerprint density at radius 3 is 2.45 bits per heavy atom. The van der Waals surface area contributed by atoms with Crippen LogP contribution < -0.4 is 10.2 Å². The molecule has 4 rings (SSSR count). The van der Waals surface area contributed by atoms with E-state index in [-0.39, 0.29) is 22.2 Å². The number of carbonyl (C=O) groups is 2. The third kappa shape index (κ3) is 4.91. The van der Waals surface area contributed by atoms with Crippen molar-refractivity contribution in [1.82, 2.24) is 9.97 Å². The fourth-order valence-electron chi connectivity index (χ4n) is 4.02. The second kappa shape index (κ2) is 9.89. The van der Waals surface area contributed by atoms with Gasteiger partial charge in [-0.15, -0.1) is 0 Å². The molecule has 3 aromatic rings. The Bertz CT molecular complexity index is 1390. The van der Waals surface area contributed by atoms with Gasteiger partial charge in [0.2, 0.25) is 0 Å². The molecule has 2 aromatic carbocycles. The van der Waals surface area contributed by atoms with Crippen molar-refractivity contribution in [3.63, 3.8) is 0 Å². The van der Waals surface area contributed by atoms with E-state index < -0.39 is 65.8 Å². The van der Waals surface area contributed by atoms with Crippen LogP contribution in [0.5, 0.6) is 0 Å². The summed E-state index contributed by atoms with van der Waals surface area (Å²) in [5.74, 6) is -6.12. The minimum atomic E-state index is -4.78. The van der Waals surface area contributed by atoms with Crippen LogP contribution in [0, 0.1) is 0 Å². The highest BCUT2D eigenvalue weighted by Gasteiger charge is 2.56. The summed E-state index contributed by atoms with van der Waals surface area (Å²) in [5, 5.41) is 22.5. The summed E-state index contributed by atoms with van der Waals surface area (Å²) >= 11 is 5.93. The number of hydrogen-bond acceptors (Lipinski definition) is 6. The van der Waals surface area contributed by atoms with E-state index in [4.69, 9.17) is 11.6 Å². The highest BCUT2D eigenvalue weighted by molar-refractivity contribution is 6.30. The predicted octanol–water partition coefficient (Wildman–Crippen LogP) is 4.27. The van der Waals surface area contributed by atoms with Crippen molar-refractivity contribution in [2.45, 2.75) is 24.1 Å². The number of carbonyl (C=O) groups excluding carboxylic acids is 2. The second-order valence-electron chi connectivity index (χ2n) is 8.38. The number of nitrogens with zero attached hydrogens (tertiary/aromatic N) is 3. The molecule has 1 aliphatic rings. The van der Waals surface area contributed by atoms with Gasteiger partial charge in [0, 0.05) is 23.6 Å². The molecule has 0 aliphatic carbocycles. The van der Waals surface area contributed by atoms with Crippen molar-refractivity contribution in [3.05, 3.63) is 82.3 Å². The molecule has 2 heterocycles. The third-order valence-corrected chi connectivity index (χ3v) is 6.25. The molecule has 0 saturated heterocycles. The van der Waals surface area contributed by atoms with Gasteiger partial charge in [-0.1, -0.05) is 23.7 Å². The van der Waals surface area contributed by atoms with Gasteiger partial charge in [-0.3, -0.25) is 9.59 Å². The number of aromatic nitrogens is 2. The van der Waals surface area contributed by atoms with Gasteiger partial charge in [-0.25, -0.2) is 18.7 Å². The van der Waals surface area contributed by atoms with E-state index in [1.165, 1.54) is 18.2 Å². The van der Waals surface area contributed by atoms with Crippen LogP contribution in [0.2, 0.25) is 5.02 Å². The average molecular weight is 557 g/mol. The standard InChI is InChI=1S/C24H18ClF5N4O4/c25-13-5-6-18-16(9-13)22(38,12-35)23(26,27)7-8-34(18)21(37)17-10-32-19(11-31-17)33-20(36)14-3-1-2-4-15(14)24(28,29)30/h1-6,9-11,35,38H,7-8,12H2,(H,32,33,36)/t22-/m0/s1. The lowest BCUT2D eigenvalue weighted by atomic mass is 9.86. The Balaban J connectivity index is 1.61. The van der Waals surface area contributed by atoms with Crippen LogP contribution in [0.1, 0.15) is 38.4 Å². The van der Waals surface area contributed by atoms with Crippen molar-refractivity contribution >= 4 is 34.9 Å². The van der Waals surface area contributed by atoms with E-state index in [1.54, 1.807) is 0 Å². The number of anilines is 2. The first-order valence-electron chi connectivity index (χ1n) is 10.9. The lowest BCUT2D eigenvalue weighted by Crippen LogP contribution is -2.48. The molecular formula is C24H18ClF5N4O4. The average Bonchev–Trinajstić information content (AvgIpc) is 2.96. The molecule has 0 bridgehead atoms. The van der Waals surface area contributed by atoms with Gasteiger partial charge in [0.25, 0.3) is 17.7 Å². The van der Waals surface area contributed by atoms with Crippen molar-refractivity contribution in [3.8, 4) is 0 Å². The lowest BCUT2D eigenvalue weighted by molar-refractivity contribution is -0.205. The molecule has 0 saturated carbocycles. The van der Waals surface area contributed by atoms with Crippen molar-refractivity contribution < 1.29 is 41.8 Å². The van der Waals surface area contributed by atoms with E-state index >= 15 is 0 Å². The number of nitrogens with one attached hydrogen (secondary N) is 1. The summed E-state index contributed by atoms with van der Waals surface area (Å²) in [6, 6.07) is 7.68. The number of amides is 2. The van der Waals surface area contributed by atoms with Gasteiger partial charge in [-0.2, -0.15) is 13.2 Å². The molecular weight excluding hydrogens is 539 g/mol. The number of aliphatic hydroxyl groups is 2. The number of alkyl halides is 5. The lowest BCUT2D eigenvalue weighted by Gasteiger charge is -2.33. The third-order valence-electron chi connectivity index (χ3n) is 6.01. The smallest absolute Gasteiger partial charge is 0.393 e. The number of hydrogen-bond donors (Lipinski definition) is 3. The quantitative estimate of drug-likeness (QED) is 0.414. The Morgan fingerprint density at radius 2 is 1.82 bits per heavy atom. The van der Waals surface area contributed by atoms with Gasteiger partial charge < -0.3 is 20.4 Å². The normalized spacial score (nSPS) is 18.9. The molecule has 0 radical (unpaired) electrons. The first-order valence-corrected chi connectivity index (χ1v) is 11.3. The fourth-order valence-corrected chi connectivity index (χ4v) is 4.19. The number of fused-ring (bicyclic) bond motifs is 1. The van der Waals surface area contributed by atoms with Crippen LogP contribution in [0.4, 0.5) is 33.5 Å². The fraction of sp³-hybridized carbons (Fsp3) is 0.250. The van der Waals surface area contributed by atoms with Gasteiger partial charge in [0.05, 0.1) is 35.8 Å². The van der Waals surface area contributed by atoms with E-state index in [1.807, 2.05) is 0 Å². The predicted molar refractivity (Wildman–Crippen MR) is 125 cm³/mol. The van der Waals surface area contributed by atoms with E-state index in [0.29, 0.717) is 0 Å². The molecule has 3 N–H and O–H groups in total. The zero-order valence-corrected chi connectivity index (χ0v) is 19.9. The SMILES string of the molecule is O=C(Nc1cnc(C(=O)N2CCC(F)(F)[C@](O)(CO)c3cc(Cl)ccc32)cn1)c1ccccc1C(F)(F)F. The Morgan fingerprint density at radius 1 is 1.11 bits per heavy atom. The molecule has 1 aromatic heterocycles. The van der Waals surface area contributed by atoms with Crippen LogP contribution >= 0.6 is 11.6 Å². The van der Waals surface area contributed by atoms with Gasteiger partial charge in [0.1, 0.15) is 5.69 Å². The molecule has 2 amide bonds. The van der Waals surface area contributed by atoms with E-state index in [2.05, 4.69) is 15.3 Å². The maximum absolute atomic E-state index is 14.8. The van der Waals surface area contributed by atoms with Crippen LogP contribution in [0.25, 0.3) is 0 Å². The summed E-state index contributed by atoms with van der Waals surface area (Å²) < 4.78 is 69.3. The zero-order valence-electron chi connectivity index (χ0n) is 19.1. The monoisotopic (exact) mass is 556 g/mol. The van der Waals surface area contributed by atoms with Crippen LogP contribution in [-0.4, -0.2) is 51.1 Å². The molecule has 200 valence electrons. The van der Waals surface area contributed by atoms with E-state index in [9.17, 15) is 41.8 Å². The highest BCUT2D eigenvalue weighted by Crippen LogP contribution is 2.47. The summed E-state index contributed by atoms with van der Waals surface area (Å²) in [7, 11) is 0. The molecule has 1 aliphatic heterocycles. The number of rotatable bonds is 4. The van der Waals surface area contributed by atoms with Gasteiger partial charge in [0.15, 0.2) is 11.4 Å². The second-order valence-corrected chi connectivity index (χ2v) is 8.81. The summed E-state index contributed by atoms with van der Waals surface area (Å²) in [4.78, 5) is 34.2. The van der Waals surface area contributed by atoms with Crippen LogP contribution in [-0.2, 0) is 11.8 Å². The summed E-state index contributed by atoms with van der Waals surface area (Å²) in [5.41, 5.74) is -5.79. The van der Waals surface area contributed by atoms with Crippen LogP contribution in [0.15, 0.2) is 54.9 Å². The Kier molecular flexibility index (Phi) is 7.12. The summed E-state index contributed by atoms with van der Waals surface area (Å²) in [6.45, 7) is -1.92. The topological polar surface area (TPSA) is 116 Å². The molecule has 0 fully saturated rings. The van der Waals surface area contributed by atoms with Crippen molar-refractivity contribution in [1.29, 1.82) is 0 Å². The zero-order chi connectivity index (χ0) is 27.9. The van der Waals surface area contributed by atoms with E-state index in [0.717, 1.165) is 41.6 Å². The maximum atomic E-state index is 14.8. The van der Waals surface area contributed by atoms with Crippen molar-refractivity contribution in [2.24, 2.45) is 0 Å². The minimum Gasteiger partial charge on any atom is -0.393 e. The van der Waals surface area contributed by atoms with Gasteiger partial charge in [-0.05, 0) is 30.3 Å². The largest absolute Gasteiger partial charge is 0.417 e. The molecule has 0 spiro atoms. The number of halogens is 6. The highest BCUT2D eigenvalue weighted by atomic mass is 35.5. The Hall–Kier alpha value is -3.68. The first-order chi connectivity index (χ1) is 17.8. The first kappa shape index (κ1) is 27.4. The Labute approximate surface area is 216 Å². The number of aliphatic hydroxyl groups excluding tert-OH is 1.